The second kappa shape index (κ2) is 10.2. The molecule has 2 aromatic carbocycles. The largest absolute Gasteiger partial charge is 0.461 e. The lowest BCUT2D eigenvalue weighted by Crippen LogP contribution is -2.35. The molecule has 0 fully saturated rings. The third-order valence-corrected chi connectivity index (χ3v) is 5.82. The third kappa shape index (κ3) is 5.69. The van der Waals surface area contributed by atoms with Crippen LogP contribution in [0.25, 0.3) is 11.6 Å². The van der Waals surface area contributed by atoms with Crippen LogP contribution in [0.15, 0.2) is 76.5 Å². The Bertz CT molecular complexity index is 1250. The zero-order valence-electron chi connectivity index (χ0n) is 18.2. The van der Waals surface area contributed by atoms with Gasteiger partial charge in [0.2, 0.25) is 11.7 Å². The highest BCUT2D eigenvalue weighted by Crippen LogP contribution is 2.25. The zero-order chi connectivity index (χ0) is 23.2. The van der Waals surface area contributed by atoms with Crippen LogP contribution in [0.1, 0.15) is 16.7 Å². The molecule has 0 atom stereocenters. The van der Waals surface area contributed by atoms with Crippen molar-refractivity contribution in [1.82, 2.24) is 20.1 Å². The van der Waals surface area contributed by atoms with Crippen molar-refractivity contribution in [2.75, 3.05) is 11.1 Å². The Balaban J connectivity index is 1.42. The van der Waals surface area contributed by atoms with Gasteiger partial charge in [-0.15, -0.1) is 10.2 Å². The maximum Gasteiger partial charge on any atom is 0.325 e. The van der Waals surface area contributed by atoms with Gasteiger partial charge in [-0.2, -0.15) is 0 Å². The molecule has 0 aliphatic heterocycles. The first-order chi connectivity index (χ1) is 16.0. The molecule has 9 heteroatoms. The predicted octanol–water partition coefficient (Wildman–Crippen LogP) is 4.64. The van der Waals surface area contributed by atoms with Gasteiger partial charge in [0, 0.05) is 5.69 Å². The molecule has 3 amide bonds. The number of benzene rings is 2. The number of imide groups is 1. The summed E-state index contributed by atoms with van der Waals surface area (Å²) in [6.07, 6.45) is 1.57. The van der Waals surface area contributed by atoms with Crippen molar-refractivity contribution in [3.63, 3.8) is 0 Å². The van der Waals surface area contributed by atoms with Gasteiger partial charge in [0.15, 0.2) is 10.9 Å². The van der Waals surface area contributed by atoms with Crippen molar-refractivity contribution in [1.29, 1.82) is 0 Å². The highest BCUT2D eigenvalue weighted by molar-refractivity contribution is 7.99. The molecule has 2 aromatic heterocycles. The number of aromatic nitrogens is 3. The van der Waals surface area contributed by atoms with Crippen molar-refractivity contribution in [2.45, 2.75) is 25.5 Å². The number of hydrogen-bond donors (Lipinski definition) is 2. The van der Waals surface area contributed by atoms with Gasteiger partial charge in [-0.25, -0.2) is 4.79 Å². The number of hydrogen-bond acceptors (Lipinski definition) is 6. The van der Waals surface area contributed by atoms with Crippen molar-refractivity contribution in [3.05, 3.63) is 83.6 Å². The van der Waals surface area contributed by atoms with Gasteiger partial charge < -0.3 is 9.73 Å². The topological polar surface area (TPSA) is 102 Å². The molecule has 33 heavy (non-hydrogen) atoms. The number of anilines is 1. The van der Waals surface area contributed by atoms with Crippen LogP contribution in [0.4, 0.5) is 10.5 Å². The number of thioether (sulfide) groups is 1. The van der Waals surface area contributed by atoms with E-state index in [1.807, 2.05) is 73.0 Å². The van der Waals surface area contributed by atoms with Crippen LogP contribution in [-0.4, -0.2) is 32.5 Å². The molecule has 8 nitrogen and oxygen atoms in total. The Morgan fingerprint density at radius 1 is 1.03 bits per heavy atom. The molecule has 4 aromatic rings. The van der Waals surface area contributed by atoms with E-state index in [0.717, 1.165) is 16.7 Å². The van der Waals surface area contributed by atoms with Crippen molar-refractivity contribution < 1.29 is 14.0 Å². The fourth-order valence-corrected chi connectivity index (χ4v) is 4.03. The lowest BCUT2D eigenvalue weighted by atomic mass is 10.1. The molecule has 168 valence electrons. The first kappa shape index (κ1) is 22.3. The summed E-state index contributed by atoms with van der Waals surface area (Å²) < 4.78 is 7.39. The molecule has 0 radical (unpaired) electrons. The summed E-state index contributed by atoms with van der Waals surface area (Å²) in [5, 5.41) is 14.1. The van der Waals surface area contributed by atoms with E-state index in [4.69, 9.17) is 4.42 Å². The summed E-state index contributed by atoms with van der Waals surface area (Å²) in [4.78, 5) is 24.6. The molecular formula is C24H23N5O3S. The molecule has 0 saturated heterocycles. The maximum absolute atomic E-state index is 12.4. The number of rotatable bonds is 7. The number of nitrogens with one attached hydrogen (secondary N) is 2. The Kier molecular flexibility index (Phi) is 6.89. The molecular weight excluding hydrogens is 438 g/mol. The summed E-state index contributed by atoms with van der Waals surface area (Å²) in [5.74, 6) is 0.726. The fraction of sp³-hybridized carbons (Fsp3) is 0.167. The summed E-state index contributed by atoms with van der Waals surface area (Å²) in [6.45, 7) is 4.39. The van der Waals surface area contributed by atoms with E-state index < -0.39 is 11.9 Å². The van der Waals surface area contributed by atoms with Crippen molar-refractivity contribution >= 4 is 29.4 Å². The number of aryl methyl sites for hydroxylation is 2. The molecule has 2 N–H and O–H groups in total. The van der Waals surface area contributed by atoms with E-state index in [1.165, 1.54) is 11.8 Å². The lowest BCUT2D eigenvalue weighted by molar-refractivity contribution is -0.117. The quantitative estimate of drug-likeness (QED) is 0.389. The molecule has 4 rings (SSSR count). The Hall–Kier alpha value is -3.85. The average molecular weight is 462 g/mol. The smallest absolute Gasteiger partial charge is 0.325 e. The van der Waals surface area contributed by atoms with Gasteiger partial charge in [0.05, 0.1) is 18.6 Å². The monoisotopic (exact) mass is 461 g/mol. The lowest BCUT2D eigenvalue weighted by Gasteiger charge is -2.11. The van der Waals surface area contributed by atoms with E-state index in [9.17, 15) is 9.59 Å². The first-order valence-electron chi connectivity index (χ1n) is 10.3. The number of urea groups is 1. The van der Waals surface area contributed by atoms with Crippen LogP contribution in [0, 0.1) is 13.8 Å². The molecule has 2 heterocycles. The number of amides is 3. The zero-order valence-corrected chi connectivity index (χ0v) is 19.1. The average Bonchev–Trinajstić information content (AvgIpc) is 3.45. The first-order valence-corrected chi connectivity index (χ1v) is 11.3. The second-order valence-electron chi connectivity index (χ2n) is 7.46. The van der Waals surface area contributed by atoms with Crippen molar-refractivity contribution in [3.8, 4) is 11.6 Å². The number of carbonyl (C=O) groups excluding carboxylic acids is 2. The maximum atomic E-state index is 12.4. The van der Waals surface area contributed by atoms with Gasteiger partial charge in [-0.1, -0.05) is 59.8 Å². The van der Waals surface area contributed by atoms with E-state index >= 15 is 0 Å². The highest BCUT2D eigenvalue weighted by atomic mass is 32.2. The van der Waals surface area contributed by atoms with Gasteiger partial charge >= 0.3 is 6.03 Å². The normalized spacial score (nSPS) is 10.7. The Morgan fingerprint density at radius 2 is 1.85 bits per heavy atom. The van der Waals surface area contributed by atoms with Crippen LogP contribution < -0.4 is 10.6 Å². The predicted molar refractivity (Wildman–Crippen MR) is 127 cm³/mol. The van der Waals surface area contributed by atoms with Gasteiger partial charge in [0.1, 0.15) is 0 Å². The van der Waals surface area contributed by atoms with Crippen LogP contribution in [0.3, 0.4) is 0 Å². The SMILES string of the molecule is Cc1ccc(NC(=O)NC(=O)CSc2nnc(-c3ccco3)n2Cc2ccccc2)c(C)c1. The molecule has 0 unspecified atom stereocenters. The summed E-state index contributed by atoms with van der Waals surface area (Å²) in [7, 11) is 0. The van der Waals surface area contributed by atoms with Crippen LogP contribution in [0.5, 0.6) is 0 Å². The molecule has 0 saturated carbocycles. The van der Waals surface area contributed by atoms with Gasteiger partial charge in [0.25, 0.3) is 0 Å². The number of furan rings is 1. The van der Waals surface area contributed by atoms with E-state index in [-0.39, 0.29) is 5.75 Å². The third-order valence-electron chi connectivity index (χ3n) is 4.86. The minimum atomic E-state index is -0.574. The number of nitrogens with zero attached hydrogens (tertiary/aromatic N) is 3. The summed E-state index contributed by atoms with van der Waals surface area (Å²) in [5.41, 5.74) is 3.74. The Morgan fingerprint density at radius 3 is 2.58 bits per heavy atom. The van der Waals surface area contributed by atoms with E-state index in [1.54, 1.807) is 12.3 Å². The second-order valence-corrected chi connectivity index (χ2v) is 8.41. The van der Waals surface area contributed by atoms with E-state index in [0.29, 0.717) is 29.0 Å². The Labute approximate surface area is 195 Å². The van der Waals surface area contributed by atoms with Gasteiger partial charge in [-0.3, -0.25) is 14.7 Å². The molecule has 0 bridgehead atoms. The minimum Gasteiger partial charge on any atom is -0.461 e. The fourth-order valence-electron chi connectivity index (χ4n) is 3.29. The standard InChI is InChI=1S/C24H23N5O3S/c1-16-10-11-19(17(2)13-16)25-23(31)26-21(30)15-33-24-28-27-22(20-9-6-12-32-20)29(24)14-18-7-4-3-5-8-18/h3-13H,14-15H2,1-2H3,(H2,25,26,30,31). The summed E-state index contributed by atoms with van der Waals surface area (Å²) in [6, 6.07) is 18.6. The van der Waals surface area contributed by atoms with Crippen LogP contribution >= 0.6 is 11.8 Å². The minimum absolute atomic E-state index is 0.00534. The highest BCUT2D eigenvalue weighted by Gasteiger charge is 2.18. The number of carbonyl (C=O) groups is 2. The van der Waals surface area contributed by atoms with Gasteiger partial charge in [-0.05, 0) is 43.2 Å². The molecule has 0 aliphatic rings. The van der Waals surface area contributed by atoms with Crippen molar-refractivity contribution in [2.24, 2.45) is 0 Å². The molecule has 0 spiro atoms. The summed E-state index contributed by atoms with van der Waals surface area (Å²) >= 11 is 1.20. The van der Waals surface area contributed by atoms with Crippen LogP contribution in [-0.2, 0) is 11.3 Å². The van der Waals surface area contributed by atoms with E-state index in [2.05, 4.69) is 20.8 Å². The molecule has 0 aliphatic carbocycles. The van der Waals surface area contributed by atoms with Crippen LogP contribution in [0.2, 0.25) is 0 Å².